The molecular formula is C34H40N2O7. The molecule has 2 atom stereocenters. The van der Waals surface area contributed by atoms with Gasteiger partial charge < -0.3 is 36.3 Å². The van der Waals surface area contributed by atoms with Crippen LogP contribution in [-0.2, 0) is 31.9 Å². The van der Waals surface area contributed by atoms with Crippen LogP contribution in [0.3, 0.4) is 0 Å². The van der Waals surface area contributed by atoms with E-state index in [1.165, 1.54) is 0 Å². The Bertz CT molecular complexity index is 1360. The van der Waals surface area contributed by atoms with Gasteiger partial charge in [0, 0.05) is 0 Å². The lowest BCUT2D eigenvalue weighted by Gasteiger charge is -2.13. The quantitative estimate of drug-likeness (QED) is 0.131. The highest BCUT2D eigenvalue weighted by Gasteiger charge is 2.18. The van der Waals surface area contributed by atoms with Crippen molar-refractivity contribution in [1.82, 2.24) is 0 Å². The molecule has 3 aromatic rings. The highest BCUT2D eigenvalue weighted by molar-refractivity contribution is 5.79. The number of benzene rings is 3. The number of rotatable bonds is 14. The first kappa shape index (κ1) is 32.9. The third-order valence-electron chi connectivity index (χ3n) is 6.51. The highest BCUT2D eigenvalue weighted by atomic mass is 16.5. The molecule has 0 aliphatic rings. The predicted molar refractivity (Wildman–Crippen MR) is 168 cm³/mol. The standard InChI is InChI=1S/C34H40N2O7/c1-3-13-42-33(40)31(35)20-26-18-28(37)11-9-24(26)7-5-22-15-23(17-30(39)16-22)6-8-25-10-12-29(38)19-27(25)21-32(36)34(41)43-14-4-2/h5-12,15-19,31-32,37-39H,3-4,13-14,20-21,35-36H2,1-2H3. The molecule has 0 saturated heterocycles. The number of carbonyl (C=O) groups excluding carboxylic acids is 2. The number of nitrogens with two attached hydrogens (primary N) is 2. The van der Waals surface area contributed by atoms with E-state index in [9.17, 15) is 24.9 Å². The molecule has 0 saturated carbocycles. The summed E-state index contributed by atoms with van der Waals surface area (Å²) in [5.74, 6) is -0.837. The Morgan fingerprint density at radius 2 is 1.07 bits per heavy atom. The molecule has 3 rings (SSSR count). The van der Waals surface area contributed by atoms with Crippen molar-refractivity contribution in [3.63, 3.8) is 0 Å². The molecule has 0 radical (unpaired) electrons. The smallest absolute Gasteiger partial charge is 0.323 e. The van der Waals surface area contributed by atoms with E-state index in [1.807, 2.05) is 32.1 Å². The first-order valence-electron chi connectivity index (χ1n) is 14.3. The molecule has 9 heteroatoms. The maximum atomic E-state index is 12.2. The monoisotopic (exact) mass is 588 g/mol. The lowest BCUT2D eigenvalue weighted by molar-refractivity contribution is -0.146. The van der Waals surface area contributed by atoms with Crippen molar-refractivity contribution >= 4 is 36.2 Å². The zero-order valence-electron chi connectivity index (χ0n) is 24.5. The average Bonchev–Trinajstić information content (AvgIpc) is 2.97. The molecule has 228 valence electrons. The zero-order valence-corrected chi connectivity index (χ0v) is 24.5. The fourth-order valence-electron chi connectivity index (χ4n) is 4.35. The van der Waals surface area contributed by atoms with E-state index >= 15 is 0 Å². The Kier molecular flexibility index (Phi) is 12.4. The molecule has 9 nitrogen and oxygen atoms in total. The largest absolute Gasteiger partial charge is 0.508 e. The lowest BCUT2D eigenvalue weighted by Crippen LogP contribution is -2.34. The second-order valence-corrected chi connectivity index (χ2v) is 10.2. The molecule has 0 aromatic heterocycles. The Hall–Kier alpha value is -4.60. The summed E-state index contributed by atoms with van der Waals surface area (Å²) in [6, 6.07) is 13.0. The molecular weight excluding hydrogens is 548 g/mol. The van der Waals surface area contributed by atoms with Gasteiger partial charge >= 0.3 is 11.9 Å². The van der Waals surface area contributed by atoms with E-state index in [4.69, 9.17) is 20.9 Å². The Balaban J connectivity index is 1.81. The average molecular weight is 589 g/mol. The summed E-state index contributed by atoms with van der Waals surface area (Å²) < 4.78 is 10.3. The third kappa shape index (κ3) is 10.3. The summed E-state index contributed by atoms with van der Waals surface area (Å²) >= 11 is 0. The summed E-state index contributed by atoms with van der Waals surface area (Å²) in [7, 11) is 0. The number of phenolic OH excluding ortho intramolecular Hbond substituents is 3. The Morgan fingerprint density at radius 1 is 0.651 bits per heavy atom. The minimum atomic E-state index is -0.876. The molecule has 7 N–H and O–H groups in total. The van der Waals surface area contributed by atoms with E-state index in [1.54, 1.807) is 60.7 Å². The van der Waals surface area contributed by atoms with E-state index in [-0.39, 0.29) is 30.1 Å². The van der Waals surface area contributed by atoms with E-state index in [2.05, 4.69) is 0 Å². The summed E-state index contributed by atoms with van der Waals surface area (Å²) in [6.07, 6.45) is 9.00. The van der Waals surface area contributed by atoms with Crippen molar-refractivity contribution in [3.8, 4) is 17.2 Å². The van der Waals surface area contributed by atoms with Crippen LogP contribution in [0.1, 0.15) is 60.1 Å². The van der Waals surface area contributed by atoms with Crippen molar-refractivity contribution in [2.75, 3.05) is 13.2 Å². The normalized spacial score (nSPS) is 12.8. The number of ether oxygens (including phenoxy) is 2. The SMILES string of the molecule is CCCOC(=O)C(N)Cc1cc(O)ccc1C=Cc1cc(O)cc(C=Cc2ccc(O)cc2CC(N)C(=O)OCCC)c1. The fourth-order valence-corrected chi connectivity index (χ4v) is 4.35. The lowest BCUT2D eigenvalue weighted by atomic mass is 9.98. The molecule has 0 bridgehead atoms. The van der Waals surface area contributed by atoms with Crippen molar-refractivity contribution in [2.24, 2.45) is 11.5 Å². The van der Waals surface area contributed by atoms with Crippen molar-refractivity contribution in [2.45, 2.75) is 51.6 Å². The molecule has 0 heterocycles. The van der Waals surface area contributed by atoms with Gasteiger partial charge in [-0.05, 0) is 102 Å². The summed E-state index contributed by atoms with van der Waals surface area (Å²) in [4.78, 5) is 24.4. The minimum Gasteiger partial charge on any atom is -0.508 e. The van der Waals surface area contributed by atoms with Crippen LogP contribution in [0.4, 0.5) is 0 Å². The summed E-state index contributed by atoms with van der Waals surface area (Å²) in [6.45, 7) is 4.39. The van der Waals surface area contributed by atoms with Gasteiger partial charge in [0.1, 0.15) is 29.3 Å². The number of esters is 2. The van der Waals surface area contributed by atoms with E-state index < -0.39 is 24.0 Å². The molecule has 0 aliphatic carbocycles. The van der Waals surface area contributed by atoms with Gasteiger partial charge in [-0.2, -0.15) is 0 Å². The second-order valence-electron chi connectivity index (χ2n) is 10.2. The Morgan fingerprint density at radius 3 is 1.47 bits per heavy atom. The topological polar surface area (TPSA) is 165 Å². The van der Waals surface area contributed by atoms with Crippen LogP contribution in [0.15, 0.2) is 54.6 Å². The predicted octanol–water partition coefficient (Wildman–Crippen LogP) is 4.79. The van der Waals surface area contributed by atoms with Crippen LogP contribution in [0.2, 0.25) is 0 Å². The minimum absolute atomic E-state index is 0.0541. The molecule has 3 aromatic carbocycles. The molecule has 43 heavy (non-hydrogen) atoms. The van der Waals surface area contributed by atoms with Gasteiger partial charge in [-0.1, -0.05) is 50.3 Å². The van der Waals surface area contributed by atoms with Crippen molar-refractivity contribution in [1.29, 1.82) is 0 Å². The molecule has 0 aliphatic heterocycles. The van der Waals surface area contributed by atoms with E-state index in [0.717, 1.165) is 11.1 Å². The van der Waals surface area contributed by atoms with Crippen LogP contribution in [0.5, 0.6) is 17.2 Å². The fraction of sp³-hybridized carbons (Fsp3) is 0.294. The molecule has 2 unspecified atom stereocenters. The van der Waals surface area contributed by atoms with Crippen LogP contribution < -0.4 is 11.5 Å². The van der Waals surface area contributed by atoms with Gasteiger partial charge in [-0.3, -0.25) is 9.59 Å². The van der Waals surface area contributed by atoms with Crippen LogP contribution in [-0.4, -0.2) is 52.6 Å². The van der Waals surface area contributed by atoms with Crippen molar-refractivity contribution in [3.05, 3.63) is 88.0 Å². The first-order valence-corrected chi connectivity index (χ1v) is 14.3. The third-order valence-corrected chi connectivity index (χ3v) is 6.51. The number of carbonyl (C=O) groups is 2. The van der Waals surface area contributed by atoms with Crippen molar-refractivity contribution < 1.29 is 34.4 Å². The van der Waals surface area contributed by atoms with Crippen LogP contribution >= 0.6 is 0 Å². The van der Waals surface area contributed by atoms with Gasteiger partial charge in [0.25, 0.3) is 0 Å². The van der Waals surface area contributed by atoms with Gasteiger partial charge in [0.15, 0.2) is 0 Å². The number of hydrogen-bond donors (Lipinski definition) is 5. The number of hydrogen-bond acceptors (Lipinski definition) is 9. The zero-order chi connectivity index (χ0) is 31.4. The maximum Gasteiger partial charge on any atom is 0.323 e. The Labute approximate surface area is 252 Å². The summed E-state index contributed by atoms with van der Waals surface area (Å²) in [5, 5.41) is 30.4. The van der Waals surface area contributed by atoms with Gasteiger partial charge in [-0.25, -0.2) is 0 Å². The first-order chi connectivity index (χ1) is 20.6. The highest BCUT2D eigenvalue weighted by Crippen LogP contribution is 2.25. The second kappa shape index (κ2) is 16.1. The van der Waals surface area contributed by atoms with E-state index in [0.29, 0.717) is 48.3 Å². The molecule has 0 amide bonds. The summed E-state index contributed by atoms with van der Waals surface area (Å²) in [5.41, 5.74) is 16.4. The van der Waals surface area contributed by atoms with Crippen LogP contribution in [0.25, 0.3) is 24.3 Å². The van der Waals surface area contributed by atoms with Gasteiger partial charge in [-0.15, -0.1) is 0 Å². The number of phenols is 3. The van der Waals surface area contributed by atoms with Crippen LogP contribution in [0, 0.1) is 0 Å². The van der Waals surface area contributed by atoms with Gasteiger partial charge in [0.05, 0.1) is 13.2 Å². The van der Waals surface area contributed by atoms with Gasteiger partial charge in [0.2, 0.25) is 0 Å². The maximum absolute atomic E-state index is 12.2. The molecule has 0 spiro atoms. The molecule has 0 fully saturated rings. The number of aromatic hydroxyl groups is 3.